The van der Waals surface area contributed by atoms with Crippen molar-refractivity contribution in [3.8, 4) is 5.75 Å². The van der Waals surface area contributed by atoms with Crippen molar-refractivity contribution in [3.05, 3.63) is 74.2 Å². The number of carbonyl (C=O) groups is 3. The number of thioether (sulfide) groups is 1. The van der Waals surface area contributed by atoms with E-state index in [4.69, 9.17) is 9.47 Å². The highest BCUT2D eigenvalue weighted by Crippen LogP contribution is 2.54. The van der Waals surface area contributed by atoms with Gasteiger partial charge in [0.2, 0.25) is 11.8 Å². The standard InChI is InChI=1S/C25H19F3N2O6S2/c1-2-35-16(31)11-36-13-9-7-12(8-10-13)17-18-20(37-21-19(17)38-24(34)29-21)23(33)30(22(18)32)15-6-4-3-5-14(15)25(26,27)28/h3-10,17-18,20H,2,11H2,1H3,(H,29,34)/t17-,18?,20?/m1/s1. The van der Waals surface area contributed by atoms with E-state index in [1.165, 1.54) is 12.1 Å². The number of hydrogen-bond acceptors (Lipinski definition) is 8. The van der Waals surface area contributed by atoms with Crippen molar-refractivity contribution < 1.29 is 37.0 Å². The van der Waals surface area contributed by atoms with E-state index in [1.807, 2.05) is 0 Å². The second kappa shape index (κ2) is 9.95. The minimum Gasteiger partial charge on any atom is -0.482 e. The topological polar surface area (TPSA) is 106 Å². The molecule has 1 aromatic heterocycles. The molecule has 0 aliphatic carbocycles. The Morgan fingerprint density at radius 1 is 1.05 bits per heavy atom. The van der Waals surface area contributed by atoms with Crippen LogP contribution in [-0.2, 0) is 25.3 Å². The number of carbonyl (C=O) groups excluding carboxylic acids is 3. The van der Waals surface area contributed by atoms with E-state index in [-0.39, 0.29) is 18.1 Å². The van der Waals surface area contributed by atoms with Gasteiger partial charge in [0.15, 0.2) is 6.61 Å². The first-order valence-electron chi connectivity index (χ1n) is 11.4. The molecule has 3 atom stereocenters. The third kappa shape index (κ3) is 4.60. The Labute approximate surface area is 221 Å². The first-order valence-corrected chi connectivity index (χ1v) is 13.1. The zero-order valence-electron chi connectivity index (χ0n) is 19.6. The number of esters is 1. The summed E-state index contributed by atoms with van der Waals surface area (Å²) >= 11 is 1.86. The molecule has 5 rings (SSSR count). The van der Waals surface area contributed by atoms with Gasteiger partial charge in [-0.2, -0.15) is 13.2 Å². The van der Waals surface area contributed by atoms with Gasteiger partial charge < -0.3 is 14.5 Å². The number of para-hydroxylation sites is 1. The first-order chi connectivity index (χ1) is 18.1. The number of alkyl halides is 3. The molecule has 198 valence electrons. The molecule has 13 heteroatoms. The fraction of sp³-hybridized carbons (Fsp3) is 0.280. The van der Waals surface area contributed by atoms with Gasteiger partial charge in [0.05, 0.1) is 28.8 Å². The van der Waals surface area contributed by atoms with Gasteiger partial charge in [-0.25, -0.2) is 9.69 Å². The lowest BCUT2D eigenvalue weighted by molar-refractivity contribution is -0.145. The lowest BCUT2D eigenvalue weighted by atomic mass is 9.83. The Morgan fingerprint density at radius 2 is 1.76 bits per heavy atom. The normalized spacial score (nSPS) is 20.7. The Balaban J connectivity index is 1.52. The molecule has 3 aromatic rings. The van der Waals surface area contributed by atoms with Crippen LogP contribution in [0.2, 0.25) is 0 Å². The largest absolute Gasteiger partial charge is 0.482 e. The van der Waals surface area contributed by atoms with Crippen LogP contribution in [0, 0.1) is 5.92 Å². The number of thiazole rings is 1. The summed E-state index contributed by atoms with van der Waals surface area (Å²) in [6.45, 7) is 1.58. The number of hydrogen-bond donors (Lipinski definition) is 1. The highest BCUT2D eigenvalue weighted by atomic mass is 32.2. The molecule has 0 saturated carbocycles. The molecule has 3 heterocycles. The highest BCUT2D eigenvalue weighted by molar-refractivity contribution is 8.00. The summed E-state index contributed by atoms with van der Waals surface area (Å²) in [7, 11) is 0. The smallest absolute Gasteiger partial charge is 0.418 e. The van der Waals surface area contributed by atoms with Gasteiger partial charge >= 0.3 is 17.0 Å². The van der Waals surface area contributed by atoms with Gasteiger partial charge in [0, 0.05) is 10.8 Å². The van der Waals surface area contributed by atoms with Crippen LogP contribution >= 0.6 is 23.1 Å². The number of fused-ring (bicyclic) bond motifs is 2. The molecule has 0 spiro atoms. The van der Waals surface area contributed by atoms with Crippen molar-refractivity contribution in [2.45, 2.75) is 29.3 Å². The highest BCUT2D eigenvalue weighted by Gasteiger charge is 2.57. The predicted molar refractivity (Wildman–Crippen MR) is 132 cm³/mol. The number of aromatic nitrogens is 1. The van der Waals surface area contributed by atoms with Gasteiger partial charge in [-0.3, -0.25) is 14.4 Å². The molecule has 1 saturated heterocycles. The third-order valence-electron chi connectivity index (χ3n) is 6.18. The number of imide groups is 1. The average molecular weight is 565 g/mol. The molecule has 2 aliphatic rings. The van der Waals surface area contributed by atoms with Crippen LogP contribution < -0.4 is 14.5 Å². The number of anilines is 1. The molecule has 1 N–H and O–H groups in total. The van der Waals surface area contributed by atoms with Crippen molar-refractivity contribution in [2.75, 3.05) is 18.1 Å². The van der Waals surface area contributed by atoms with Crippen molar-refractivity contribution in [2.24, 2.45) is 5.92 Å². The molecule has 1 fully saturated rings. The third-order valence-corrected chi connectivity index (χ3v) is 8.58. The van der Waals surface area contributed by atoms with E-state index in [0.29, 0.717) is 26.1 Å². The Bertz CT molecular complexity index is 1470. The second-order valence-corrected chi connectivity index (χ2v) is 10.6. The van der Waals surface area contributed by atoms with Crippen LogP contribution in [0.3, 0.4) is 0 Å². The summed E-state index contributed by atoms with van der Waals surface area (Å²) in [5, 5.41) is -0.632. The molecule has 0 bridgehead atoms. The van der Waals surface area contributed by atoms with Crippen LogP contribution in [-0.4, -0.2) is 41.2 Å². The van der Waals surface area contributed by atoms with Crippen molar-refractivity contribution in [3.63, 3.8) is 0 Å². The van der Waals surface area contributed by atoms with E-state index in [0.717, 1.165) is 35.2 Å². The van der Waals surface area contributed by atoms with Crippen LogP contribution in [0.5, 0.6) is 5.75 Å². The van der Waals surface area contributed by atoms with E-state index < -0.39 is 52.3 Å². The van der Waals surface area contributed by atoms with Crippen LogP contribution in [0.15, 0.2) is 58.4 Å². The molecule has 2 amide bonds. The quantitative estimate of drug-likeness (QED) is 0.354. The number of halogens is 3. The minimum atomic E-state index is -4.78. The van der Waals surface area contributed by atoms with Crippen LogP contribution in [0.4, 0.5) is 18.9 Å². The van der Waals surface area contributed by atoms with Crippen molar-refractivity contribution in [1.29, 1.82) is 0 Å². The summed E-state index contributed by atoms with van der Waals surface area (Å²) in [6.07, 6.45) is -4.78. The van der Waals surface area contributed by atoms with Gasteiger partial charge in [-0.15, -0.1) is 0 Å². The molecule has 0 radical (unpaired) electrons. The van der Waals surface area contributed by atoms with Crippen LogP contribution in [0.1, 0.15) is 28.8 Å². The number of rotatable bonds is 6. The number of amides is 2. The summed E-state index contributed by atoms with van der Waals surface area (Å²) in [4.78, 5) is 54.3. The zero-order chi connectivity index (χ0) is 27.2. The number of nitrogens with zero attached hydrogens (tertiary/aromatic N) is 1. The van der Waals surface area contributed by atoms with Crippen molar-refractivity contribution in [1.82, 2.24) is 4.98 Å². The molecule has 2 unspecified atom stereocenters. The lowest BCUT2D eigenvalue weighted by Crippen LogP contribution is -2.33. The Morgan fingerprint density at radius 3 is 2.45 bits per heavy atom. The second-order valence-electron chi connectivity index (χ2n) is 8.44. The van der Waals surface area contributed by atoms with Crippen molar-refractivity contribution >= 4 is 46.6 Å². The molecule has 38 heavy (non-hydrogen) atoms. The maximum absolute atomic E-state index is 13.7. The fourth-order valence-corrected chi connectivity index (χ4v) is 7.15. The predicted octanol–water partition coefficient (Wildman–Crippen LogP) is 4.19. The van der Waals surface area contributed by atoms with E-state index in [9.17, 15) is 32.3 Å². The molecule has 2 aromatic carbocycles. The molecule has 2 aliphatic heterocycles. The van der Waals surface area contributed by atoms with Gasteiger partial charge in [0.1, 0.15) is 11.0 Å². The first kappa shape index (κ1) is 26.0. The zero-order valence-corrected chi connectivity index (χ0v) is 21.2. The summed E-state index contributed by atoms with van der Waals surface area (Å²) in [5.41, 5.74) is -1.05. The van der Waals surface area contributed by atoms with Crippen LogP contribution in [0.25, 0.3) is 0 Å². The maximum Gasteiger partial charge on any atom is 0.418 e. The number of H-pyrrole nitrogens is 1. The summed E-state index contributed by atoms with van der Waals surface area (Å²) in [6, 6.07) is 10.9. The fourth-order valence-electron chi connectivity index (χ4n) is 4.64. The van der Waals surface area contributed by atoms with Gasteiger partial charge in [-0.1, -0.05) is 47.4 Å². The molecule has 8 nitrogen and oxygen atoms in total. The van der Waals surface area contributed by atoms with E-state index in [2.05, 4.69) is 4.98 Å². The minimum absolute atomic E-state index is 0.211. The summed E-state index contributed by atoms with van der Waals surface area (Å²) < 4.78 is 51.5. The SMILES string of the molecule is CCOC(=O)COc1ccc([C@H]2c3sc(=O)[nH]c3SC3C(=O)N(c4ccccc4C(F)(F)F)C(=O)C32)cc1. The number of benzene rings is 2. The van der Waals surface area contributed by atoms with E-state index >= 15 is 0 Å². The molecular weight excluding hydrogens is 545 g/mol. The van der Waals surface area contributed by atoms with E-state index in [1.54, 1.807) is 31.2 Å². The van der Waals surface area contributed by atoms with Gasteiger partial charge in [0.25, 0.3) is 0 Å². The van der Waals surface area contributed by atoms with Gasteiger partial charge in [-0.05, 0) is 36.8 Å². The molecular formula is C25H19F3N2O6S2. The number of ether oxygens (including phenoxy) is 2. The number of nitrogens with one attached hydrogen (secondary N) is 1. The maximum atomic E-state index is 13.7. The summed E-state index contributed by atoms with van der Waals surface area (Å²) in [5.74, 6) is -3.56. The average Bonchev–Trinajstić information content (AvgIpc) is 3.37. The Kier molecular flexibility index (Phi) is 6.82. The monoisotopic (exact) mass is 564 g/mol. The number of aromatic amines is 1. The lowest BCUT2D eigenvalue weighted by Gasteiger charge is -2.29. The Hall–Kier alpha value is -3.58.